The van der Waals surface area contributed by atoms with Crippen molar-refractivity contribution >= 4 is 11.6 Å². The van der Waals surface area contributed by atoms with E-state index in [1.165, 1.54) is 18.5 Å². The maximum atomic E-state index is 13.2. The highest BCUT2D eigenvalue weighted by Crippen LogP contribution is 2.17. The maximum absolute atomic E-state index is 13.2. The summed E-state index contributed by atoms with van der Waals surface area (Å²) in [6.07, 6.45) is 1.42. The summed E-state index contributed by atoms with van der Waals surface area (Å²) in [5.41, 5.74) is 1.37. The van der Waals surface area contributed by atoms with Crippen LogP contribution in [0.5, 0.6) is 0 Å². The lowest BCUT2D eigenvalue weighted by atomic mass is 10.1. The Kier molecular flexibility index (Phi) is 4.93. The fraction of sp³-hybridized carbons (Fsp3) is 0.118. The molecule has 0 spiro atoms. The summed E-state index contributed by atoms with van der Waals surface area (Å²) in [4.78, 5) is 16.2. The highest BCUT2D eigenvalue weighted by atomic mass is 19.1. The van der Waals surface area contributed by atoms with E-state index in [4.69, 9.17) is 0 Å². The van der Waals surface area contributed by atoms with E-state index in [1.54, 1.807) is 12.1 Å². The molecule has 1 aromatic heterocycles. The standard InChI is InChI=1S/C17H16FN5O/c18-13-7-4-8-14(9-13)22-15(24)10-19-16(17-20-11-21-23-17)12-5-2-1-3-6-12/h1-9,11,16,19H,10H2,(H,22,24)(H,20,21,23)/t16-/m0/s1. The molecule has 0 saturated heterocycles. The van der Waals surface area contributed by atoms with E-state index < -0.39 is 5.82 Å². The van der Waals surface area contributed by atoms with Gasteiger partial charge in [-0.3, -0.25) is 15.2 Å². The number of nitrogens with zero attached hydrogens (tertiary/aromatic N) is 2. The largest absolute Gasteiger partial charge is 0.325 e. The van der Waals surface area contributed by atoms with Gasteiger partial charge in [0.2, 0.25) is 5.91 Å². The molecule has 122 valence electrons. The summed E-state index contributed by atoms with van der Waals surface area (Å²) in [7, 11) is 0. The Hall–Kier alpha value is -3.06. The van der Waals surface area contributed by atoms with Crippen molar-refractivity contribution in [2.24, 2.45) is 0 Å². The number of aromatic amines is 1. The topological polar surface area (TPSA) is 82.7 Å². The molecule has 2 aromatic carbocycles. The minimum atomic E-state index is -0.399. The number of nitrogens with one attached hydrogen (secondary N) is 3. The smallest absolute Gasteiger partial charge is 0.238 e. The Morgan fingerprint density at radius 2 is 2.00 bits per heavy atom. The fourth-order valence-corrected chi connectivity index (χ4v) is 2.34. The van der Waals surface area contributed by atoms with Crippen LogP contribution in [-0.2, 0) is 4.79 Å². The zero-order chi connectivity index (χ0) is 16.8. The van der Waals surface area contributed by atoms with Crippen molar-refractivity contribution in [1.82, 2.24) is 20.5 Å². The first-order chi connectivity index (χ1) is 11.7. The molecule has 3 N–H and O–H groups in total. The molecule has 3 rings (SSSR count). The first kappa shape index (κ1) is 15.8. The average Bonchev–Trinajstić information content (AvgIpc) is 3.10. The molecule has 3 aromatic rings. The average molecular weight is 325 g/mol. The van der Waals surface area contributed by atoms with Crippen LogP contribution in [0.1, 0.15) is 17.4 Å². The Labute approximate surface area is 138 Å². The first-order valence-electron chi connectivity index (χ1n) is 7.41. The lowest BCUT2D eigenvalue weighted by Crippen LogP contribution is -2.32. The van der Waals surface area contributed by atoms with Gasteiger partial charge in [-0.1, -0.05) is 36.4 Å². The zero-order valence-electron chi connectivity index (χ0n) is 12.7. The quantitative estimate of drug-likeness (QED) is 0.649. The van der Waals surface area contributed by atoms with E-state index in [-0.39, 0.29) is 18.5 Å². The number of anilines is 1. The van der Waals surface area contributed by atoms with Gasteiger partial charge in [0.1, 0.15) is 18.0 Å². The summed E-state index contributed by atoms with van der Waals surface area (Å²) >= 11 is 0. The van der Waals surface area contributed by atoms with Crippen molar-refractivity contribution in [3.8, 4) is 0 Å². The summed E-state index contributed by atoms with van der Waals surface area (Å²) < 4.78 is 13.2. The number of carbonyl (C=O) groups is 1. The number of hydrogen-bond donors (Lipinski definition) is 3. The Bertz CT molecular complexity index is 792. The van der Waals surface area contributed by atoms with Crippen LogP contribution in [0.15, 0.2) is 60.9 Å². The van der Waals surface area contributed by atoms with E-state index in [9.17, 15) is 9.18 Å². The van der Waals surface area contributed by atoms with Crippen LogP contribution in [0.25, 0.3) is 0 Å². The van der Waals surface area contributed by atoms with Crippen molar-refractivity contribution in [1.29, 1.82) is 0 Å². The zero-order valence-corrected chi connectivity index (χ0v) is 12.7. The molecule has 0 unspecified atom stereocenters. The number of halogens is 1. The summed E-state index contributed by atoms with van der Waals surface area (Å²) in [6.45, 7) is 0.0385. The molecular weight excluding hydrogens is 309 g/mol. The molecule has 0 aliphatic heterocycles. The molecule has 0 fully saturated rings. The number of hydrogen-bond acceptors (Lipinski definition) is 4. The van der Waals surface area contributed by atoms with Gasteiger partial charge >= 0.3 is 0 Å². The molecule has 0 bridgehead atoms. The van der Waals surface area contributed by atoms with Gasteiger partial charge in [-0.05, 0) is 23.8 Å². The number of rotatable bonds is 6. The van der Waals surface area contributed by atoms with Crippen molar-refractivity contribution in [2.45, 2.75) is 6.04 Å². The highest BCUT2D eigenvalue weighted by molar-refractivity contribution is 5.92. The van der Waals surface area contributed by atoms with Crippen LogP contribution in [0.4, 0.5) is 10.1 Å². The van der Waals surface area contributed by atoms with Crippen LogP contribution in [0, 0.1) is 5.82 Å². The molecule has 24 heavy (non-hydrogen) atoms. The van der Waals surface area contributed by atoms with Gasteiger partial charge < -0.3 is 5.32 Å². The van der Waals surface area contributed by atoms with E-state index in [1.807, 2.05) is 30.3 Å². The predicted octanol–water partition coefficient (Wildman–Crippen LogP) is 2.26. The summed E-state index contributed by atoms with van der Waals surface area (Å²) in [5.74, 6) is -0.0645. The van der Waals surface area contributed by atoms with Gasteiger partial charge in [0.15, 0.2) is 0 Å². The van der Waals surface area contributed by atoms with Crippen molar-refractivity contribution in [3.63, 3.8) is 0 Å². The highest BCUT2D eigenvalue weighted by Gasteiger charge is 2.17. The van der Waals surface area contributed by atoms with E-state index in [2.05, 4.69) is 25.8 Å². The molecule has 0 aliphatic carbocycles. The lowest BCUT2D eigenvalue weighted by molar-refractivity contribution is -0.115. The Balaban J connectivity index is 1.67. The van der Waals surface area contributed by atoms with Gasteiger partial charge in [-0.15, -0.1) is 0 Å². The first-order valence-corrected chi connectivity index (χ1v) is 7.41. The molecule has 1 atom stereocenters. The predicted molar refractivity (Wildman–Crippen MR) is 87.7 cm³/mol. The van der Waals surface area contributed by atoms with Crippen molar-refractivity contribution < 1.29 is 9.18 Å². The normalized spacial score (nSPS) is 11.9. The van der Waals surface area contributed by atoms with Crippen molar-refractivity contribution in [2.75, 3.05) is 11.9 Å². The van der Waals surface area contributed by atoms with Gasteiger partial charge in [-0.2, -0.15) is 5.10 Å². The third kappa shape index (κ3) is 4.02. The van der Waals surface area contributed by atoms with Crippen LogP contribution in [-0.4, -0.2) is 27.6 Å². The van der Waals surface area contributed by atoms with Crippen LogP contribution < -0.4 is 10.6 Å². The second kappa shape index (κ2) is 7.47. The second-order valence-electron chi connectivity index (χ2n) is 5.15. The van der Waals surface area contributed by atoms with Crippen molar-refractivity contribution in [3.05, 3.63) is 78.1 Å². The molecule has 1 heterocycles. The minimum Gasteiger partial charge on any atom is -0.325 e. The Morgan fingerprint density at radius 1 is 1.17 bits per heavy atom. The van der Waals surface area contributed by atoms with E-state index in [0.717, 1.165) is 5.56 Å². The number of aromatic nitrogens is 3. The third-order valence-electron chi connectivity index (χ3n) is 3.42. The van der Waals surface area contributed by atoms with Crippen LogP contribution >= 0.6 is 0 Å². The molecule has 7 heteroatoms. The van der Waals surface area contributed by atoms with Gasteiger partial charge in [-0.25, -0.2) is 9.37 Å². The van der Waals surface area contributed by atoms with Crippen LogP contribution in [0.3, 0.4) is 0 Å². The fourth-order valence-electron chi connectivity index (χ4n) is 2.34. The summed E-state index contributed by atoms with van der Waals surface area (Å²) in [6, 6.07) is 15.1. The minimum absolute atomic E-state index is 0.0385. The van der Waals surface area contributed by atoms with Crippen LogP contribution in [0.2, 0.25) is 0 Å². The second-order valence-corrected chi connectivity index (χ2v) is 5.15. The SMILES string of the molecule is O=C(CN[C@@H](c1ccccc1)c1ncn[nH]1)Nc1cccc(F)c1. The number of carbonyl (C=O) groups excluding carboxylic acids is 1. The van der Waals surface area contributed by atoms with Gasteiger partial charge in [0, 0.05) is 5.69 Å². The molecule has 0 aliphatic rings. The van der Waals surface area contributed by atoms with E-state index in [0.29, 0.717) is 11.5 Å². The summed E-state index contributed by atoms with van der Waals surface area (Å²) in [5, 5.41) is 12.4. The number of H-pyrrole nitrogens is 1. The molecule has 6 nitrogen and oxygen atoms in total. The Morgan fingerprint density at radius 3 is 2.71 bits per heavy atom. The molecular formula is C17H16FN5O. The molecule has 0 radical (unpaired) electrons. The lowest BCUT2D eigenvalue weighted by Gasteiger charge is -2.16. The third-order valence-corrected chi connectivity index (χ3v) is 3.42. The maximum Gasteiger partial charge on any atom is 0.238 e. The van der Waals surface area contributed by atoms with Gasteiger partial charge in [0.05, 0.1) is 12.6 Å². The number of benzene rings is 2. The molecule has 0 saturated carbocycles. The number of amides is 1. The van der Waals surface area contributed by atoms with Gasteiger partial charge in [0.25, 0.3) is 0 Å². The monoisotopic (exact) mass is 325 g/mol. The van der Waals surface area contributed by atoms with E-state index >= 15 is 0 Å². The molecule has 1 amide bonds.